The number of halogens is 2. The van der Waals surface area contributed by atoms with Gasteiger partial charge < -0.3 is 5.32 Å². The van der Waals surface area contributed by atoms with Gasteiger partial charge in [0.2, 0.25) is 0 Å². The smallest absolute Gasteiger partial charge is 0.115 e. The van der Waals surface area contributed by atoms with Gasteiger partial charge >= 0.3 is 0 Å². The lowest BCUT2D eigenvalue weighted by Gasteiger charge is -2.40. The van der Waals surface area contributed by atoms with E-state index in [4.69, 9.17) is 11.6 Å². The zero-order valence-electron chi connectivity index (χ0n) is 13.3. The Kier molecular flexibility index (Phi) is 4.43. The number of hydrogen-bond acceptors (Lipinski definition) is 4. The van der Waals surface area contributed by atoms with Gasteiger partial charge in [-0.2, -0.15) is 0 Å². The highest BCUT2D eigenvalue weighted by atomic mass is 35.5. The molecule has 4 nitrogen and oxygen atoms in total. The van der Waals surface area contributed by atoms with E-state index in [1.807, 2.05) is 6.08 Å². The molecule has 2 N–H and O–H groups in total. The first-order valence-electron chi connectivity index (χ1n) is 8.70. The molecule has 0 amide bonds. The van der Waals surface area contributed by atoms with Crippen LogP contribution in [0, 0.1) is 11.8 Å². The molecule has 4 atom stereocenters. The molecular weight excluding hydrogens is 315 g/mol. The number of fused-ring (bicyclic) bond motifs is 1. The summed E-state index contributed by atoms with van der Waals surface area (Å²) in [5, 5.41) is 6.55. The number of amidine groups is 1. The van der Waals surface area contributed by atoms with Crippen molar-refractivity contribution in [3.8, 4) is 0 Å². The largest absolute Gasteiger partial charge is 0.309 e. The lowest BCUT2D eigenvalue weighted by Crippen LogP contribution is -2.49. The van der Waals surface area contributed by atoms with Crippen molar-refractivity contribution in [2.75, 3.05) is 19.8 Å². The van der Waals surface area contributed by atoms with Crippen LogP contribution in [-0.2, 0) is 0 Å². The van der Waals surface area contributed by atoms with Crippen molar-refractivity contribution in [1.82, 2.24) is 15.8 Å². The fraction of sp³-hybridized carbons (Fsp3) is 0.706. The summed E-state index contributed by atoms with van der Waals surface area (Å²) in [5.74, 6) is 1.48. The molecule has 3 aliphatic heterocycles. The number of hydrazine groups is 1. The molecule has 1 fully saturated rings. The Hall–Kier alpha value is -0.910. The van der Waals surface area contributed by atoms with Crippen LogP contribution in [0.4, 0.5) is 4.39 Å². The molecule has 0 saturated carbocycles. The van der Waals surface area contributed by atoms with Gasteiger partial charge in [-0.3, -0.25) is 10.0 Å². The van der Waals surface area contributed by atoms with E-state index in [9.17, 15) is 4.39 Å². The van der Waals surface area contributed by atoms with E-state index in [2.05, 4.69) is 26.8 Å². The first-order valence-corrected chi connectivity index (χ1v) is 9.08. The number of nitrogens with zero attached hydrogens (tertiary/aromatic N) is 2. The van der Waals surface area contributed by atoms with E-state index in [-0.39, 0.29) is 12.0 Å². The summed E-state index contributed by atoms with van der Waals surface area (Å²) in [7, 11) is 0. The van der Waals surface area contributed by atoms with Gasteiger partial charge in [0.05, 0.1) is 0 Å². The van der Waals surface area contributed by atoms with Crippen molar-refractivity contribution < 1.29 is 4.39 Å². The first kappa shape index (κ1) is 15.6. The van der Waals surface area contributed by atoms with Gasteiger partial charge in [0.15, 0.2) is 0 Å². The third-order valence-corrected chi connectivity index (χ3v) is 5.83. The Morgan fingerprint density at radius 3 is 3.17 bits per heavy atom. The van der Waals surface area contributed by atoms with Crippen LogP contribution in [-0.4, -0.2) is 42.8 Å². The number of hydrogen-bond donors (Lipinski definition) is 2. The molecule has 0 aromatic rings. The molecule has 1 aliphatic carbocycles. The predicted molar refractivity (Wildman–Crippen MR) is 90.9 cm³/mol. The van der Waals surface area contributed by atoms with Gasteiger partial charge in [0.1, 0.15) is 18.7 Å². The van der Waals surface area contributed by atoms with Crippen LogP contribution in [0.3, 0.4) is 0 Å². The van der Waals surface area contributed by atoms with Gasteiger partial charge in [0, 0.05) is 30.0 Å². The maximum absolute atomic E-state index is 14.5. The third-order valence-electron chi connectivity index (χ3n) is 5.52. The van der Waals surface area contributed by atoms with Crippen molar-refractivity contribution in [3.05, 3.63) is 22.8 Å². The Balaban J connectivity index is 1.56. The molecule has 0 spiro atoms. The maximum Gasteiger partial charge on any atom is 0.115 e. The standard InChI is InChI=1S/C17H24ClFN4/c18-12-3-4-15(19)14(9-12)17-13(2-1-6-20-17)11-5-7-23-16(8-11)21-10-22-23/h2,9,11,14-15,17,20,22H,1,3-8,10H2. The van der Waals surface area contributed by atoms with Gasteiger partial charge in [-0.15, -0.1) is 0 Å². The summed E-state index contributed by atoms with van der Waals surface area (Å²) in [5.41, 5.74) is 4.65. The quantitative estimate of drug-likeness (QED) is 0.761. The molecule has 0 radical (unpaired) electrons. The Labute approximate surface area is 141 Å². The van der Waals surface area contributed by atoms with E-state index >= 15 is 0 Å². The van der Waals surface area contributed by atoms with E-state index < -0.39 is 6.17 Å². The van der Waals surface area contributed by atoms with E-state index in [1.54, 1.807) is 0 Å². The van der Waals surface area contributed by atoms with Crippen LogP contribution in [0.5, 0.6) is 0 Å². The van der Waals surface area contributed by atoms with Crippen LogP contribution >= 0.6 is 11.6 Å². The monoisotopic (exact) mass is 338 g/mol. The zero-order chi connectivity index (χ0) is 15.8. The third kappa shape index (κ3) is 3.06. The first-order chi connectivity index (χ1) is 11.2. The van der Waals surface area contributed by atoms with Crippen molar-refractivity contribution in [2.24, 2.45) is 16.8 Å². The van der Waals surface area contributed by atoms with Crippen molar-refractivity contribution in [2.45, 2.75) is 44.3 Å². The average molecular weight is 339 g/mol. The molecule has 0 bridgehead atoms. The highest BCUT2D eigenvalue weighted by molar-refractivity contribution is 6.29. The van der Waals surface area contributed by atoms with Crippen LogP contribution in [0.25, 0.3) is 0 Å². The summed E-state index contributed by atoms with van der Waals surface area (Å²) in [6.45, 7) is 2.59. The van der Waals surface area contributed by atoms with E-state index in [0.717, 1.165) is 43.2 Å². The molecule has 126 valence electrons. The minimum atomic E-state index is -0.804. The van der Waals surface area contributed by atoms with E-state index in [1.165, 1.54) is 5.57 Å². The van der Waals surface area contributed by atoms with Crippen LogP contribution in [0.15, 0.2) is 27.7 Å². The second kappa shape index (κ2) is 6.54. The van der Waals surface area contributed by atoms with Gasteiger partial charge in [-0.05, 0) is 38.1 Å². The molecule has 1 saturated heterocycles. The Morgan fingerprint density at radius 2 is 2.26 bits per heavy atom. The molecule has 0 aromatic heterocycles. The van der Waals surface area contributed by atoms with Gasteiger partial charge in [-0.25, -0.2) is 9.82 Å². The number of nitrogens with one attached hydrogen (secondary N) is 2. The maximum atomic E-state index is 14.5. The highest BCUT2D eigenvalue weighted by Crippen LogP contribution is 2.38. The lowest BCUT2D eigenvalue weighted by molar-refractivity contribution is 0.197. The zero-order valence-corrected chi connectivity index (χ0v) is 14.0. The fourth-order valence-electron chi connectivity index (χ4n) is 4.33. The highest BCUT2D eigenvalue weighted by Gasteiger charge is 2.38. The van der Waals surface area contributed by atoms with Crippen LogP contribution in [0.1, 0.15) is 32.1 Å². The van der Waals surface area contributed by atoms with Crippen molar-refractivity contribution in [1.29, 1.82) is 0 Å². The Bertz CT molecular complexity index is 559. The average Bonchev–Trinajstić information content (AvgIpc) is 3.05. The molecule has 4 unspecified atom stereocenters. The Morgan fingerprint density at radius 1 is 1.35 bits per heavy atom. The normalized spacial score (nSPS) is 37.8. The molecule has 3 heterocycles. The summed E-state index contributed by atoms with van der Waals surface area (Å²) >= 11 is 6.22. The van der Waals surface area contributed by atoms with Gasteiger partial charge in [0.25, 0.3) is 0 Å². The molecule has 0 aromatic carbocycles. The minimum Gasteiger partial charge on any atom is -0.309 e. The predicted octanol–water partition coefficient (Wildman–Crippen LogP) is 2.73. The summed E-state index contributed by atoms with van der Waals surface area (Å²) < 4.78 is 14.5. The number of alkyl halides is 1. The van der Waals surface area contributed by atoms with E-state index in [0.29, 0.717) is 25.4 Å². The number of allylic oxidation sites excluding steroid dienone is 1. The molecule has 4 aliphatic rings. The van der Waals surface area contributed by atoms with Gasteiger partial charge in [-0.1, -0.05) is 29.3 Å². The molecule has 23 heavy (non-hydrogen) atoms. The topological polar surface area (TPSA) is 39.7 Å². The van der Waals surface area contributed by atoms with Crippen LogP contribution < -0.4 is 10.7 Å². The number of piperidine rings is 1. The lowest BCUT2D eigenvalue weighted by atomic mass is 9.75. The fourth-order valence-corrected chi connectivity index (χ4v) is 4.59. The molecular formula is C17H24ClFN4. The summed E-state index contributed by atoms with van der Waals surface area (Å²) in [6, 6.07) is 0.0827. The molecule has 6 heteroatoms. The minimum absolute atomic E-state index is 0.0827. The second-order valence-electron chi connectivity index (χ2n) is 6.90. The molecule has 4 rings (SSSR count). The van der Waals surface area contributed by atoms with Crippen LogP contribution in [0.2, 0.25) is 0 Å². The summed E-state index contributed by atoms with van der Waals surface area (Å²) in [4.78, 5) is 4.54. The van der Waals surface area contributed by atoms with Crippen molar-refractivity contribution in [3.63, 3.8) is 0 Å². The SMILES string of the molecule is FC1CCC(Cl)=CC1C1NCCC=C1C1CCN2NCN=C2C1. The summed E-state index contributed by atoms with van der Waals surface area (Å²) in [6.07, 6.45) is 7.78. The number of aliphatic imine (C=N–C) groups is 1. The second-order valence-corrected chi connectivity index (χ2v) is 7.39. The number of rotatable bonds is 2. The van der Waals surface area contributed by atoms with Crippen molar-refractivity contribution >= 4 is 17.4 Å².